The predicted molar refractivity (Wildman–Crippen MR) is 167 cm³/mol. The zero-order valence-corrected chi connectivity index (χ0v) is 25.6. The van der Waals surface area contributed by atoms with Crippen LogP contribution in [0.1, 0.15) is 63.8 Å². The standard InChI is InChI=1S/C36H36O4Si/c1-35(2,3)39-33(37)41(34(38)40-36(4,5)6,31-19-11-17-27-25-15-9-7-13-23(25)21-29(27)31)32-20-12-18-28-26-16-10-8-14-24(26)22-30(28)32/h7-20H,21-22H2,1-6H3. The van der Waals surface area contributed by atoms with Gasteiger partial charge in [0, 0.05) is 0 Å². The molecule has 4 nitrogen and oxygen atoms in total. The Hall–Kier alpha value is -3.96. The minimum Gasteiger partial charge on any atom is -0.463 e. The highest BCUT2D eigenvalue weighted by Gasteiger charge is 2.61. The van der Waals surface area contributed by atoms with Gasteiger partial charge in [-0.15, -0.1) is 0 Å². The fourth-order valence-electron chi connectivity index (χ4n) is 6.39. The van der Waals surface area contributed by atoms with Gasteiger partial charge >= 0.3 is 8.07 Å². The van der Waals surface area contributed by atoms with Gasteiger partial charge in [-0.2, -0.15) is 0 Å². The Labute approximate surface area is 243 Å². The van der Waals surface area contributed by atoms with Crippen molar-refractivity contribution < 1.29 is 19.1 Å². The Bertz CT molecular complexity index is 1580. The first-order chi connectivity index (χ1) is 19.4. The van der Waals surface area contributed by atoms with Crippen molar-refractivity contribution in [2.75, 3.05) is 0 Å². The SMILES string of the molecule is CC(C)(C)OC(=O)[Si](C(=O)OC(C)(C)C)(c1cccc2c1Cc1ccccc1-2)c1cccc2c1Cc1ccccc1-2. The van der Waals surface area contributed by atoms with E-state index >= 15 is 0 Å². The van der Waals surface area contributed by atoms with Crippen molar-refractivity contribution in [1.82, 2.24) is 0 Å². The normalized spacial score (nSPS) is 13.6. The van der Waals surface area contributed by atoms with Crippen LogP contribution in [0.3, 0.4) is 0 Å². The number of rotatable bonds is 4. The number of carbonyl (C=O) groups excluding carboxylic acids is 2. The average molecular weight is 561 g/mol. The Kier molecular flexibility index (Phi) is 6.34. The second-order valence-electron chi connectivity index (χ2n) is 13.1. The molecule has 0 saturated carbocycles. The molecule has 0 atom stereocenters. The van der Waals surface area contributed by atoms with Crippen LogP contribution in [0.25, 0.3) is 22.3 Å². The summed E-state index contributed by atoms with van der Waals surface area (Å²) in [6.07, 6.45) is 1.30. The molecule has 0 aliphatic heterocycles. The minimum atomic E-state index is -4.09. The van der Waals surface area contributed by atoms with Crippen molar-refractivity contribution in [1.29, 1.82) is 0 Å². The van der Waals surface area contributed by atoms with Crippen molar-refractivity contribution in [3.05, 3.63) is 107 Å². The third kappa shape index (κ3) is 4.53. The van der Waals surface area contributed by atoms with Gasteiger partial charge in [-0.3, -0.25) is 9.59 Å². The van der Waals surface area contributed by atoms with Crippen LogP contribution in [0.4, 0.5) is 9.59 Å². The smallest absolute Gasteiger partial charge is 0.371 e. The van der Waals surface area contributed by atoms with Crippen LogP contribution in [0.5, 0.6) is 0 Å². The second-order valence-corrected chi connectivity index (χ2v) is 16.5. The molecule has 6 rings (SSSR count). The summed E-state index contributed by atoms with van der Waals surface area (Å²) < 4.78 is 12.5. The molecule has 0 radical (unpaired) electrons. The van der Waals surface area contributed by atoms with Crippen LogP contribution in [0.15, 0.2) is 84.9 Å². The Morgan fingerprint density at radius 3 is 1.29 bits per heavy atom. The van der Waals surface area contributed by atoms with Crippen LogP contribution >= 0.6 is 0 Å². The molecule has 0 unspecified atom stereocenters. The molecule has 0 spiro atoms. The van der Waals surface area contributed by atoms with Gasteiger partial charge in [0.1, 0.15) is 11.2 Å². The number of hydrogen-bond acceptors (Lipinski definition) is 4. The quantitative estimate of drug-likeness (QED) is 0.211. The maximum atomic E-state index is 14.9. The van der Waals surface area contributed by atoms with Crippen LogP contribution < -0.4 is 10.4 Å². The average Bonchev–Trinajstić information content (AvgIpc) is 3.46. The minimum absolute atomic E-state index is 0.479. The summed E-state index contributed by atoms with van der Waals surface area (Å²) in [6.45, 7) is 11.1. The van der Waals surface area contributed by atoms with Crippen molar-refractivity contribution in [3.8, 4) is 22.3 Å². The van der Waals surface area contributed by atoms with Gasteiger partial charge in [0.15, 0.2) is 0 Å². The molecule has 4 aromatic rings. The summed E-state index contributed by atoms with van der Waals surface area (Å²) in [5.41, 5.74) is 6.30. The van der Waals surface area contributed by atoms with E-state index in [1.165, 1.54) is 11.1 Å². The molecule has 0 fully saturated rings. The lowest BCUT2D eigenvalue weighted by Crippen LogP contribution is -2.73. The fourth-order valence-corrected chi connectivity index (χ4v) is 10.7. The largest absolute Gasteiger partial charge is 0.463 e. The highest BCUT2D eigenvalue weighted by atomic mass is 28.3. The van der Waals surface area contributed by atoms with Gasteiger partial charge in [0.25, 0.3) is 11.2 Å². The van der Waals surface area contributed by atoms with Crippen LogP contribution in [-0.4, -0.2) is 30.5 Å². The maximum absolute atomic E-state index is 14.9. The predicted octanol–water partition coefficient (Wildman–Crippen LogP) is 7.43. The van der Waals surface area contributed by atoms with E-state index in [2.05, 4.69) is 36.4 Å². The maximum Gasteiger partial charge on any atom is 0.371 e. The first kappa shape index (κ1) is 27.2. The first-order valence-electron chi connectivity index (χ1n) is 14.3. The molecule has 0 saturated heterocycles. The monoisotopic (exact) mass is 560 g/mol. The number of carbonyl (C=O) groups is 2. The summed E-state index contributed by atoms with van der Waals surface area (Å²) in [6, 6.07) is 28.7. The van der Waals surface area contributed by atoms with Crippen molar-refractivity contribution in [2.24, 2.45) is 0 Å². The molecule has 2 aliphatic carbocycles. The molecule has 4 aromatic carbocycles. The molecule has 0 N–H and O–H groups in total. The summed E-state index contributed by atoms with van der Waals surface area (Å²) in [4.78, 5) is 29.8. The molecule has 0 bridgehead atoms. The molecule has 0 amide bonds. The van der Waals surface area contributed by atoms with E-state index in [1.54, 1.807) is 0 Å². The third-order valence-electron chi connectivity index (χ3n) is 7.92. The van der Waals surface area contributed by atoms with E-state index in [-0.39, 0.29) is 0 Å². The molecule has 2 aliphatic rings. The molecule has 5 heteroatoms. The number of benzene rings is 4. The van der Waals surface area contributed by atoms with Crippen molar-refractivity contribution in [2.45, 2.75) is 65.6 Å². The molecule has 0 heterocycles. The van der Waals surface area contributed by atoms with Gasteiger partial charge < -0.3 is 9.47 Å². The first-order valence-corrected chi connectivity index (χ1v) is 16.3. The third-order valence-corrected chi connectivity index (χ3v) is 11.9. The van der Waals surface area contributed by atoms with Crippen LogP contribution in [0, 0.1) is 0 Å². The van der Waals surface area contributed by atoms with Gasteiger partial charge in [-0.1, -0.05) is 84.9 Å². The van der Waals surface area contributed by atoms with Crippen molar-refractivity contribution in [3.63, 3.8) is 0 Å². The van der Waals surface area contributed by atoms with E-state index in [1.807, 2.05) is 90.1 Å². The number of hydrogen-bond donors (Lipinski definition) is 0. The molecular formula is C36H36O4Si. The molecular weight excluding hydrogens is 524 g/mol. The van der Waals surface area contributed by atoms with Crippen LogP contribution in [0.2, 0.25) is 0 Å². The summed E-state index contributed by atoms with van der Waals surface area (Å²) in [7, 11) is -4.09. The topological polar surface area (TPSA) is 52.6 Å². The highest BCUT2D eigenvalue weighted by Crippen LogP contribution is 2.40. The number of fused-ring (bicyclic) bond motifs is 6. The molecule has 0 aromatic heterocycles. The molecule has 208 valence electrons. The second kappa shape index (κ2) is 9.56. The van der Waals surface area contributed by atoms with Crippen LogP contribution in [-0.2, 0) is 22.3 Å². The Morgan fingerprint density at radius 1 is 0.537 bits per heavy atom. The lowest BCUT2D eigenvalue weighted by atomic mass is 10.1. The summed E-state index contributed by atoms with van der Waals surface area (Å²) in [5, 5.41) is 1.53. The van der Waals surface area contributed by atoms with Gasteiger partial charge in [-0.25, -0.2) is 0 Å². The number of ether oxygens (including phenoxy) is 2. The van der Waals surface area contributed by atoms with Gasteiger partial charge in [0.05, 0.1) is 0 Å². The van der Waals surface area contributed by atoms with Crippen molar-refractivity contribution >= 4 is 29.6 Å². The van der Waals surface area contributed by atoms with E-state index in [9.17, 15) is 9.59 Å². The fraction of sp³-hybridized carbons (Fsp3) is 0.278. The summed E-state index contributed by atoms with van der Waals surface area (Å²) >= 11 is 0. The zero-order valence-electron chi connectivity index (χ0n) is 24.6. The van der Waals surface area contributed by atoms with Gasteiger partial charge in [0.2, 0.25) is 0 Å². The highest BCUT2D eigenvalue weighted by molar-refractivity contribution is 7.37. The zero-order chi connectivity index (χ0) is 29.2. The Morgan fingerprint density at radius 2 is 0.902 bits per heavy atom. The Balaban J connectivity index is 1.69. The van der Waals surface area contributed by atoms with E-state index in [4.69, 9.17) is 9.47 Å². The van der Waals surface area contributed by atoms with E-state index < -0.39 is 30.5 Å². The van der Waals surface area contributed by atoms with E-state index in [0.29, 0.717) is 12.8 Å². The van der Waals surface area contributed by atoms with E-state index in [0.717, 1.165) is 43.8 Å². The lowest BCUT2D eigenvalue weighted by Gasteiger charge is -2.35. The molecule has 41 heavy (non-hydrogen) atoms. The lowest BCUT2D eigenvalue weighted by molar-refractivity contribution is 0.0639. The summed E-state index contributed by atoms with van der Waals surface area (Å²) in [5.74, 6) is 0. The van der Waals surface area contributed by atoms with Gasteiger partial charge in [-0.05, 0) is 109 Å².